The van der Waals surface area contributed by atoms with Gasteiger partial charge in [-0.1, -0.05) is 13.5 Å². The Morgan fingerprint density at radius 1 is 0.457 bits per heavy atom. The van der Waals surface area contributed by atoms with Crippen molar-refractivity contribution < 1.29 is 52.2 Å². The molecule has 0 aliphatic heterocycles. The lowest BCUT2D eigenvalue weighted by molar-refractivity contribution is -0.139. The van der Waals surface area contributed by atoms with Crippen molar-refractivity contribution >= 4 is 5.97 Å². The van der Waals surface area contributed by atoms with Gasteiger partial charge in [-0.2, -0.15) is 0 Å². The number of carbonyl (C=O) groups excluding carboxylic acids is 1. The minimum atomic E-state index is -0.455. The summed E-state index contributed by atoms with van der Waals surface area (Å²) in [6, 6.07) is 0. The molecule has 35 heavy (non-hydrogen) atoms. The molecule has 0 bridgehead atoms. The third kappa shape index (κ3) is 30.8. The van der Waals surface area contributed by atoms with Gasteiger partial charge in [-0.05, 0) is 6.42 Å². The quantitative estimate of drug-likeness (QED) is 0.0792. The van der Waals surface area contributed by atoms with Crippen molar-refractivity contribution in [1.82, 2.24) is 0 Å². The molecule has 0 aromatic carbocycles. The molecule has 0 rings (SSSR count). The predicted molar refractivity (Wildman–Crippen MR) is 129 cm³/mol. The molecule has 0 saturated heterocycles. The van der Waals surface area contributed by atoms with Crippen LogP contribution in [0.2, 0.25) is 0 Å². The minimum absolute atomic E-state index is 0.204. The summed E-state index contributed by atoms with van der Waals surface area (Å²) in [6.07, 6.45) is 2.14. The molecule has 0 spiro atoms. The van der Waals surface area contributed by atoms with Crippen molar-refractivity contribution in [3.8, 4) is 0 Å². The Bertz CT molecular complexity index is 438. The number of hydrogen-bond donors (Lipinski definition) is 0. The Kier molecular flexibility index (Phi) is 29.9. The van der Waals surface area contributed by atoms with E-state index >= 15 is 0 Å². The van der Waals surface area contributed by atoms with E-state index in [1.54, 1.807) is 0 Å². The molecule has 0 amide bonds. The topological polar surface area (TPSA) is 109 Å². The van der Waals surface area contributed by atoms with E-state index in [1.165, 1.54) is 0 Å². The van der Waals surface area contributed by atoms with Crippen molar-refractivity contribution in [2.24, 2.45) is 0 Å². The summed E-state index contributed by atoms with van der Waals surface area (Å²) in [5.74, 6) is -0.455. The van der Waals surface area contributed by atoms with Gasteiger partial charge in [0.15, 0.2) is 0 Å². The molecular weight excluding hydrogens is 464 g/mol. The van der Waals surface area contributed by atoms with Crippen molar-refractivity contribution in [3.05, 3.63) is 12.7 Å². The Hall–Kier alpha value is -1.15. The van der Waals surface area contributed by atoms with Gasteiger partial charge in [0, 0.05) is 12.7 Å². The Balaban J connectivity index is 3.03. The fourth-order valence-corrected chi connectivity index (χ4v) is 2.27. The van der Waals surface area contributed by atoms with Crippen molar-refractivity contribution in [2.75, 3.05) is 126 Å². The molecule has 11 heteroatoms. The highest BCUT2D eigenvalue weighted by molar-refractivity contribution is 5.81. The van der Waals surface area contributed by atoms with Gasteiger partial charge in [0.1, 0.15) is 6.61 Å². The highest BCUT2D eigenvalue weighted by Gasteiger charge is 1.97. The zero-order valence-electron chi connectivity index (χ0n) is 21.4. The van der Waals surface area contributed by atoms with E-state index in [2.05, 4.69) is 13.5 Å². The van der Waals surface area contributed by atoms with E-state index in [0.29, 0.717) is 112 Å². The molecule has 0 aliphatic carbocycles. The number of ether oxygens (including phenoxy) is 10. The van der Waals surface area contributed by atoms with Gasteiger partial charge >= 0.3 is 5.97 Å². The van der Waals surface area contributed by atoms with E-state index in [0.717, 1.165) is 19.1 Å². The van der Waals surface area contributed by atoms with Crippen LogP contribution in [0.1, 0.15) is 13.3 Å². The first-order chi connectivity index (χ1) is 17.3. The number of esters is 1. The van der Waals surface area contributed by atoms with Crippen LogP contribution in [-0.4, -0.2) is 132 Å². The summed E-state index contributed by atoms with van der Waals surface area (Å²) in [6.45, 7) is 15.0. The summed E-state index contributed by atoms with van der Waals surface area (Å²) in [5, 5.41) is 0. The lowest BCUT2D eigenvalue weighted by atomic mass is 10.5. The van der Waals surface area contributed by atoms with Gasteiger partial charge in [-0.25, -0.2) is 4.79 Å². The van der Waals surface area contributed by atoms with E-state index in [4.69, 9.17) is 47.4 Å². The summed E-state index contributed by atoms with van der Waals surface area (Å²) < 4.78 is 53.2. The van der Waals surface area contributed by atoms with Crippen molar-refractivity contribution in [3.63, 3.8) is 0 Å². The van der Waals surface area contributed by atoms with Crippen molar-refractivity contribution in [1.29, 1.82) is 0 Å². The monoisotopic (exact) mass is 510 g/mol. The normalized spacial score (nSPS) is 11.1. The molecule has 208 valence electrons. The number of hydrogen-bond acceptors (Lipinski definition) is 11. The van der Waals surface area contributed by atoms with Crippen LogP contribution in [0.5, 0.6) is 0 Å². The molecule has 11 nitrogen and oxygen atoms in total. The number of rotatable bonds is 30. The molecule has 0 aromatic heterocycles. The van der Waals surface area contributed by atoms with Crippen LogP contribution < -0.4 is 0 Å². The first-order valence-corrected chi connectivity index (χ1v) is 12.3. The van der Waals surface area contributed by atoms with Gasteiger partial charge in [0.25, 0.3) is 0 Å². The SMILES string of the molecule is C=CC(=O)OCCOCCOCCOCCOCCOCCOCCOCCOCCOCCC. The lowest BCUT2D eigenvalue weighted by Gasteiger charge is -2.09. The smallest absolute Gasteiger partial charge is 0.330 e. The predicted octanol–water partition coefficient (Wildman–Crippen LogP) is 1.28. The molecule has 0 heterocycles. The Morgan fingerprint density at radius 3 is 0.914 bits per heavy atom. The van der Waals surface area contributed by atoms with E-state index in [1.807, 2.05) is 0 Å². The summed E-state index contributed by atoms with van der Waals surface area (Å²) >= 11 is 0. The summed E-state index contributed by atoms with van der Waals surface area (Å²) in [7, 11) is 0. The van der Waals surface area contributed by atoms with Gasteiger partial charge in [0.05, 0.1) is 112 Å². The van der Waals surface area contributed by atoms with Gasteiger partial charge < -0.3 is 47.4 Å². The Labute approximate surface area is 210 Å². The third-order valence-corrected chi connectivity index (χ3v) is 3.96. The molecular formula is C24H46O11. The summed E-state index contributed by atoms with van der Waals surface area (Å²) in [5.41, 5.74) is 0. The standard InChI is InChI=1S/C24H46O11/c1-3-5-26-6-7-27-8-9-28-10-11-29-12-13-30-14-15-31-16-17-32-18-19-33-20-21-34-22-23-35-24(25)4-2/h4H,2-3,5-23H2,1H3. The highest BCUT2D eigenvalue weighted by atomic mass is 16.6. The van der Waals surface area contributed by atoms with Crippen LogP contribution in [0.3, 0.4) is 0 Å². The van der Waals surface area contributed by atoms with Crippen LogP contribution in [-0.2, 0) is 52.2 Å². The average molecular weight is 511 g/mol. The van der Waals surface area contributed by atoms with Crippen molar-refractivity contribution in [2.45, 2.75) is 13.3 Å². The van der Waals surface area contributed by atoms with Gasteiger partial charge in [0.2, 0.25) is 0 Å². The fourth-order valence-electron chi connectivity index (χ4n) is 2.27. The van der Waals surface area contributed by atoms with E-state index in [-0.39, 0.29) is 6.61 Å². The highest BCUT2D eigenvalue weighted by Crippen LogP contribution is 1.87. The van der Waals surface area contributed by atoms with Gasteiger partial charge in [-0.15, -0.1) is 0 Å². The zero-order chi connectivity index (χ0) is 25.5. The molecule has 0 fully saturated rings. The second-order valence-corrected chi connectivity index (χ2v) is 6.88. The maximum atomic E-state index is 10.8. The number of carbonyl (C=O) groups is 1. The molecule has 0 atom stereocenters. The van der Waals surface area contributed by atoms with E-state index in [9.17, 15) is 4.79 Å². The average Bonchev–Trinajstić information content (AvgIpc) is 2.87. The van der Waals surface area contributed by atoms with Crippen LogP contribution in [0, 0.1) is 0 Å². The van der Waals surface area contributed by atoms with E-state index < -0.39 is 5.97 Å². The molecule has 0 aliphatic rings. The largest absolute Gasteiger partial charge is 0.460 e. The Morgan fingerprint density at radius 2 is 0.686 bits per heavy atom. The minimum Gasteiger partial charge on any atom is -0.460 e. The fraction of sp³-hybridized carbons (Fsp3) is 0.875. The second kappa shape index (κ2) is 30.9. The maximum absolute atomic E-state index is 10.8. The summed E-state index contributed by atoms with van der Waals surface area (Å²) in [4.78, 5) is 10.8. The van der Waals surface area contributed by atoms with Crippen LogP contribution >= 0.6 is 0 Å². The zero-order valence-corrected chi connectivity index (χ0v) is 21.4. The molecule has 0 unspecified atom stereocenters. The second-order valence-electron chi connectivity index (χ2n) is 6.88. The first-order valence-electron chi connectivity index (χ1n) is 12.3. The first kappa shape index (κ1) is 33.8. The van der Waals surface area contributed by atoms with Crippen LogP contribution in [0.15, 0.2) is 12.7 Å². The lowest BCUT2D eigenvalue weighted by Crippen LogP contribution is -2.15. The molecule has 0 radical (unpaired) electrons. The molecule has 0 N–H and O–H groups in total. The third-order valence-electron chi connectivity index (χ3n) is 3.96. The maximum Gasteiger partial charge on any atom is 0.330 e. The molecule has 0 saturated carbocycles. The van der Waals surface area contributed by atoms with Crippen LogP contribution in [0.25, 0.3) is 0 Å². The van der Waals surface area contributed by atoms with Gasteiger partial charge in [-0.3, -0.25) is 0 Å². The molecule has 0 aromatic rings. The van der Waals surface area contributed by atoms with Crippen LogP contribution in [0.4, 0.5) is 0 Å².